The van der Waals surface area contributed by atoms with Gasteiger partial charge in [-0.05, 0) is 0 Å². The van der Waals surface area contributed by atoms with Gasteiger partial charge < -0.3 is 0 Å². The zero-order valence-corrected chi connectivity index (χ0v) is 44.8. The number of benzene rings is 9. The van der Waals surface area contributed by atoms with Crippen LogP contribution >= 0.6 is 0 Å². The second-order valence-corrected chi connectivity index (χ2v) is 44.3. The summed E-state index contributed by atoms with van der Waals surface area (Å²) in [4.78, 5) is 0. The van der Waals surface area contributed by atoms with E-state index in [9.17, 15) is 0 Å². The molecule has 0 saturated heterocycles. The van der Waals surface area contributed by atoms with Gasteiger partial charge in [-0.1, -0.05) is 0 Å². The third kappa shape index (κ3) is 8.53. The van der Waals surface area contributed by atoms with E-state index < -0.39 is 56.4 Å². The summed E-state index contributed by atoms with van der Waals surface area (Å²) < 4.78 is 41.6. The van der Waals surface area contributed by atoms with E-state index in [1.54, 1.807) is 7.48 Å². The van der Waals surface area contributed by atoms with Crippen LogP contribution in [0, 0.1) is 0 Å². The Hall–Kier alpha value is -5.88. The molecule has 0 unspecified atom stereocenters. The molecule has 0 bridgehead atoms. The molecule has 66 heavy (non-hydrogen) atoms. The first kappa shape index (κ1) is 44.0. The Kier molecular flexibility index (Phi) is 13.5. The van der Waals surface area contributed by atoms with Crippen LogP contribution in [0.5, 0.6) is 0 Å². The summed E-state index contributed by atoms with van der Waals surface area (Å²) >= 11 is -13.9. The third-order valence-corrected chi connectivity index (χ3v) is 46.0. The van der Waals surface area contributed by atoms with Gasteiger partial charge in [0.15, 0.2) is 0 Å². The molecule has 0 fully saturated rings. The molecular formula is C58H46BO4Sn3. The number of rotatable bonds is 15. The van der Waals surface area contributed by atoms with Crippen molar-refractivity contribution in [3.05, 3.63) is 296 Å². The molecule has 0 spiro atoms. The van der Waals surface area contributed by atoms with Gasteiger partial charge in [0.05, 0.1) is 0 Å². The van der Waals surface area contributed by atoms with Gasteiger partial charge in [-0.25, -0.2) is 0 Å². The predicted molar refractivity (Wildman–Crippen MR) is 277 cm³/mol. The maximum atomic E-state index is 8.26. The minimum atomic E-state index is -4.71. The standard InChI is InChI=1S/9C6H5.C4H4BO4.3Sn/c9*1-2-4-6-5-3-1;6-2-1-5-9-4(8)3(2)7;;;/h9*1-5H;1,6-8H;;;/q;;;;;;;;;;3*+1/p-3. The molecule has 1 heterocycles. The summed E-state index contributed by atoms with van der Waals surface area (Å²) in [5.41, 5.74) is 0. The Balaban J connectivity index is 1.29. The quantitative estimate of drug-likeness (QED) is 0.107. The van der Waals surface area contributed by atoms with Gasteiger partial charge >= 0.3 is 406 Å². The van der Waals surface area contributed by atoms with Gasteiger partial charge in [0.2, 0.25) is 0 Å². The fourth-order valence-electron chi connectivity index (χ4n) is 9.17. The fraction of sp³-hybridized carbons (Fsp3) is 0. The zero-order chi connectivity index (χ0) is 44.5. The normalized spacial score (nSPS) is 12.8. The van der Waals surface area contributed by atoms with Gasteiger partial charge in [-0.2, -0.15) is 0 Å². The van der Waals surface area contributed by atoms with Crippen molar-refractivity contribution >= 4 is 96.1 Å². The monoisotopic (exact) mass is 1180 g/mol. The van der Waals surface area contributed by atoms with Crippen LogP contribution in [0.15, 0.2) is 296 Å². The molecule has 1 aliphatic heterocycles. The van der Waals surface area contributed by atoms with Crippen LogP contribution in [0.25, 0.3) is 0 Å². The molecule has 8 heteroatoms. The summed E-state index contributed by atoms with van der Waals surface area (Å²) in [6.45, 7) is 0. The molecule has 0 amide bonds. The van der Waals surface area contributed by atoms with Gasteiger partial charge in [0.25, 0.3) is 0 Å². The molecule has 0 aliphatic carbocycles. The van der Waals surface area contributed by atoms with Gasteiger partial charge in [-0.3, -0.25) is 0 Å². The molecule has 317 valence electrons. The molecule has 9 aromatic carbocycles. The third-order valence-electron chi connectivity index (χ3n) is 12.2. The van der Waals surface area contributed by atoms with Crippen molar-refractivity contribution in [2.24, 2.45) is 0 Å². The van der Waals surface area contributed by atoms with E-state index >= 15 is 0 Å². The summed E-state index contributed by atoms with van der Waals surface area (Å²) in [6, 6.07) is 96.6. The van der Waals surface area contributed by atoms with E-state index in [0.29, 0.717) is 11.5 Å². The van der Waals surface area contributed by atoms with E-state index in [1.807, 2.05) is 5.98 Å². The summed E-state index contributed by atoms with van der Waals surface area (Å²) in [7, 11) is 1.72. The SMILES string of the molecule is [B]1C=C([O][Sn]([c]2ccccc2)([c]2ccccc2)[c]2ccccc2)C([O][Sn]([c]2ccccc2)([c]2ccccc2)[c]2ccccc2)=C([O][Sn]([c]2ccccc2)([c]2ccccc2)[c]2ccccc2)O1. The first-order chi connectivity index (χ1) is 32.7. The molecular weight excluding hydrogens is 1130 g/mol. The van der Waals surface area contributed by atoms with Crippen molar-refractivity contribution in [1.82, 2.24) is 0 Å². The molecule has 0 atom stereocenters. The average molecular weight is 1170 g/mol. The van der Waals surface area contributed by atoms with Crippen molar-refractivity contribution in [2.45, 2.75) is 0 Å². The zero-order valence-electron chi connectivity index (χ0n) is 36.3. The van der Waals surface area contributed by atoms with Crippen LogP contribution in [0.1, 0.15) is 0 Å². The van der Waals surface area contributed by atoms with E-state index in [2.05, 4.69) is 273 Å². The molecule has 1 radical (unpaired) electrons. The summed E-state index contributed by atoms with van der Waals surface area (Å²) in [5.74, 6) is 3.27. The molecule has 9 aromatic rings. The fourth-order valence-corrected chi connectivity index (χ4v) is 41.8. The second-order valence-electron chi connectivity index (χ2n) is 16.0. The van der Waals surface area contributed by atoms with Gasteiger partial charge in [0.1, 0.15) is 0 Å². The summed E-state index contributed by atoms with van der Waals surface area (Å²) in [6.07, 6.45) is 0. The summed E-state index contributed by atoms with van der Waals surface area (Å²) in [5, 5.41) is 0. The molecule has 0 aromatic heterocycles. The molecule has 10 rings (SSSR count). The Morgan fingerprint density at radius 2 is 0.470 bits per heavy atom. The van der Waals surface area contributed by atoms with Crippen molar-refractivity contribution < 1.29 is 13.9 Å². The van der Waals surface area contributed by atoms with Crippen LogP contribution in [-0.4, -0.2) is 63.9 Å². The van der Waals surface area contributed by atoms with Gasteiger partial charge in [-0.15, -0.1) is 0 Å². The van der Waals surface area contributed by atoms with Crippen molar-refractivity contribution in [2.75, 3.05) is 0 Å². The Labute approximate surface area is 402 Å². The van der Waals surface area contributed by atoms with Crippen LogP contribution in [0.4, 0.5) is 0 Å². The second kappa shape index (κ2) is 20.3. The van der Waals surface area contributed by atoms with E-state index in [-0.39, 0.29) is 5.95 Å². The molecule has 0 N–H and O–H groups in total. The first-order valence-electron chi connectivity index (χ1n) is 22.2. The number of hydrogen-bond acceptors (Lipinski definition) is 4. The van der Waals surface area contributed by atoms with E-state index in [1.165, 1.54) is 0 Å². The van der Waals surface area contributed by atoms with Crippen molar-refractivity contribution in [1.29, 1.82) is 0 Å². The van der Waals surface area contributed by atoms with Crippen LogP contribution in [-0.2, 0) is 13.9 Å². The minimum absolute atomic E-state index is 0.290. The van der Waals surface area contributed by atoms with E-state index in [0.717, 1.165) is 32.2 Å². The van der Waals surface area contributed by atoms with Crippen LogP contribution < -0.4 is 32.2 Å². The molecule has 0 saturated carbocycles. The Morgan fingerprint density at radius 1 is 0.258 bits per heavy atom. The Morgan fingerprint density at radius 3 is 0.712 bits per heavy atom. The number of hydrogen-bond donors (Lipinski definition) is 0. The van der Waals surface area contributed by atoms with Crippen molar-refractivity contribution in [3.63, 3.8) is 0 Å². The molecule has 1 aliphatic rings. The first-order valence-corrected chi connectivity index (χ1v) is 38.6. The van der Waals surface area contributed by atoms with Gasteiger partial charge in [0, 0.05) is 0 Å². The topological polar surface area (TPSA) is 36.9 Å². The predicted octanol–water partition coefficient (Wildman–Crippen LogP) is 6.70. The molecule has 4 nitrogen and oxygen atoms in total. The Bertz CT molecular complexity index is 2730. The van der Waals surface area contributed by atoms with Crippen LogP contribution in [0.3, 0.4) is 0 Å². The maximum absolute atomic E-state index is 8.26. The van der Waals surface area contributed by atoms with E-state index in [4.69, 9.17) is 13.9 Å². The average Bonchev–Trinajstić information content (AvgIpc) is 3.41. The van der Waals surface area contributed by atoms with Crippen LogP contribution in [0.2, 0.25) is 0 Å². The van der Waals surface area contributed by atoms with Crippen molar-refractivity contribution in [3.8, 4) is 0 Å².